The van der Waals surface area contributed by atoms with Crippen molar-refractivity contribution < 1.29 is 9.47 Å². The van der Waals surface area contributed by atoms with Crippen LogP contribution in [0.4, 0.5) is 0 Å². The lowest BCUT2D eigenvalue weighted by molar-refractivity contribution is -0.0838. The van der Waals surface area contributed by atoms with Gasteiger partial charge in [0.15, 0.2) is 5.90 Å². The fourth-order valence-electron chi connectivity index (χ4n) is 3.78. The molecule has 2 aliphatic heterocycles. The van der Waals surface area contributed by atoms with Crippen LogP contribution in [0.3, 0.4) is 0 Å². The molecule has 2 aliphatic rings. The summed E-state index contributed by atoms with van der Waals surface area (Å²) < 4.78 is 12.7. The van der Waals surface area contributed by atoms with Crippen molar-refractivity contribution in [3.8, 4) is 5.75 Å². The van der Waals surface area contributed by atoms with Gasteiger partial charge in [0, 0.05) is 18.1 Å². The number of benzene rings is 2. The Balaban J connectivity index is 1.99. The molecule has 4 rings (SSSR count). The number of hydrogen-bond acceptors (Lipinski definition) is 3. The molecule has 0 spiro atoms. The molecule has 2 aromatic rings. The lowest BCUT2D eigenvalue weighted by atomic mass is 9.78. The summed E-state index contributed by atoms with van der Waals surface area (Å²) in [6, 6.07) is 18.3. The van der Waals surface area contributed by atoms with Crippen LogP contribution in [-0.4, -0.2) is 5.90 Å². The van der Waals surface area contributed by atoms with Gasteiger partial charge in [-0.15, -0.1) is 0 Å². The van der Waals surface area contributed by atoms with E-state index in [0.29, 0.717) is 5.90 Å². The maximum absolute atomic E-state index is 6.42. The summed E-state index contributed by atoms with van der Waals surface area (Å²) in [6.07, 6.45) is 1.86. The Bertz CT molecular complexity index is 740. The van der Waals surface area contributed by atoms with Gasteiger partial charge in [0.25, 0.3) is 5.72 Å². The van der Waals surface area contributed by atoms with Gasteiger partial charge in [0.1, 0.15) is 5.75 Å². The molecule has 3 nitrogen and oxygen atoms in total. The molecule has 0 N–H and O–H groups in total. The number of ether oxygens (including phenoxy) is 2. The summed E-state index contributed by atoms with van der Waals surface area (Å²) in [5.74, 6) is 1.56. The van der Waals surface area contributed by atoms with Crippen molar-refractivity contribution in [2.45, 2.75) is 38.0 Å². The molecule has 112 valence electrons. The molecule has 0 saturated carbocycles. The summed E-state index contributed by atoms with van der Waals surface area (Å²) in [5.41, 5.74) is 0.764. The number of hydrogen-bond donors (Lipinski definition) is 0. The van der Waals surface area contributed by atoms with E-state index in [1.165, 1.54) is 0 Å². The first-order valence-electron chi connectivity index (χ1n) is 7.81. The van der Waals surface area contributed by atoms with Crippen molar-refractivity contribution in [2.24, 2.45) is 4.99 Å². The smallest absolute Gasteiger partial charge is 0.273 e. The topological polar surface area (TPSA) is 30.8 Å². The van der Waals surface area contributed by atoms with Crippen LogP contribution in [0.25, 0.3) is 0 Å². The quantitative estimate of drug-likeness (QED) is 0.841. The van der Waals surface area contributed by atoms with E-state index < -0.39 is 11.3 Å². The van der Waals surface area contributed by atoms with Crippen LogP contribution in [0.2, 0.25) is 0 Å². The number of nitrogens with zero attached hydrogens (tertiary/aromatic N) is 1. The SMILES string of the molecule is CCC[C@@]12OC(C)=N[C@]1(c1ccccc1)Oc1ccccc12. The summed E-state index contributed by atoms with van der Waals surface area (Å²) in [7, 11) is 0. The Kier molecular flexibility index (Phi) is 2.80. The third-order valence-electron chi connectivity index (χ3n) is 4.53. The predicted molar refractivity (Wildman–Crippen MR) is 86.0 cm³/mol. The van der Waals surface area contributed by atoms with Crippen molar-refractivity contribution in [1.82, 2.24) is 0 Å². The zero-order valence-corrected chi connectivity index (χ0v) is 12.9. The summed E-state index contributed by atoms with van der Waals surface area (Å²) in [5, 5.41) is 0. The van der Waals surface area contributed by atoms with Crippen molar-refractivity contribution >= 4 is 5.90 Å². The molecule has 0 aliphatic carbocycles. The summed E-state index contributed by atoms with van der Waals surface area (Å²) >= 11 is 0. The van der Waals surface area contributed by atoms with Crippen molar-refractivity contribution in [2.75, 3.05) is 0 Å². The van der Waals surface area contributed by atoms with Gasteiger partial charge in [0.2, 0.25) is 5.60 Å². The zero-order chi connectivity index (χ0) is 15.2. The first kappa shape index (κ1) is 13.4. The number of fused-ring (bicyclic) bond motifs is 3. The molecule has 0 aromatic heterocycles. The van der Waals surface area contributed by atoms with Crippen LogP contribution in [0.15, 0.2) is 59.6 Å². The van der Waals surface area contributed by atoms with Gasteiger partial charge in [0.05, 0.1) is 0 Å². The molecule has 0 fully saturated rings. The Hall–Kier alpha value is -2.29. The molecule has 0 bridgehead atoms. The van der Waals surface area contributed by atoms with Gasteiger partial charge in [-0.05, 0) is 12.5 Å². The van der Waals surface area contributed by atoms with E-state index in [4.69, 9.17) is 14.5 Å². The van der Waals surface area contributed by atoms with Crippen LogP contribution in [0, 0.1) is 0 Å². The normalized spacial score (nSPS) is 28.4. The number of aliphatic imine (C=N–C) groups is 1. The fourth-order valence-corrected chi connectivity index (χ4v) is 3.78. The molecular weight excluding hydrogens is 274 g/mol. The summed E-state index contributed by atoms with van der Waals surface area (Å²) in [4.78, 5) is 4.83. The number of rotatable bonds is 3. The second-order valence-electron chi connectivity index (χ2n) is 5.92. The first-order valence-corrected chi connectivity index (χ1v) is 7.81. The van der Waals surface area contributed by atoms with Gasteiger partial charge in [-0.25, -0.2) is 4.99 Å². The Morgan fingerprint density at radius 1 is 0.955 bits per heavy atom. The molecule has 0 unspecified atom stereocenters. The van der Waals surface area contributed by atoms with Crippen molar-refractivity contribution in [3.05, 3.63) is 65.7 Å². The fraction of sp³-hybridized carbons (Fsp3) is 0.316. The monoisotopic (exact) mass is 293 g/mol. The largest absolute Gasteiger partial charge is 0.463 e. The standard InChI is InChI=1S/C19H19NO2/c1-3-13-18-16-11-7-8-12-17(16)22-19(18,20-14(2)21-18)15-9-5-4-6-10-15/h4-12H,3,13H2,1-2H3/t18-,19+/m0/s1. The third-order valence-corrected chi connectivity index (χ3v) is 4.53. The highest BCUT2D eigenvalue weighted by Gasteiger charge is 2.66. The highest BCUT2D eigenvalue weighted by atomic mass is 16.6. The molecule has 0 amide bonds. The van der Waals surface area contributed by atoms with Crippen LogP contribution in [0.1, 0.15) is 37.8 Å². The molecule has 2 heterocycles. The van der Waals surface area contributed by atoms with Gasteiger partial charge >= 0.3 is 0 Å². The Labute approximate surface area is 130 Å². The van der Waals surface area contributed by atoms with E-state index in [1.807, 2.05) is 43.3 Å². The van der Waals surface area contributed by atoms with Crippen LogP contribution in [-0.2, 0) is 16.1 Å². The van der Waals surface area contributed by atoms with E-state index >= 15 is 0 Å². The molecule has 2 atom stereocenters. The van der Waals surface area contributed by atoms with E-state index in [-0.39, 0.29) is 0 Å². The predicted octanol–water partition coefficient (Wildman–Crippen LogP) is 4.38. The van der Waals surface area contributed by atoms with Crippen molar-refractivity contribution in [1.29, 1.82) is 0 Å². The second kappa shape index (κ2) is 4.60. The highest BCUT2D eigenvalue weighted by molar-refractivity contribution is 5.78. The van der Waals surface area contributed by atoms with Gasteiger partial charge in [-0.1, -0.05) is 61.9 Å². The maximum atomic E-state index is 6.42. The first-order chi connectivity index (χ1) is 10.7. The van der Waals surface area contributed by atoms with Crippen LogP contribution >= 0.6 is 0 Å². The highest BCUT2D eigenvalue weighted by Crippen LogP contribution is 2.60. The third kappa shape index (κ3) is 1.54. The minimum Gasteiger partial charge on any atom is -0.463 e. The molecule has 2 aromatic carbocycles. The van der Waals surface area contributed by atoms with Gasteiger partial charge in [-0.2, -0.15) is 0 Å². The average molecular weight is 293 g/mol. The van der Waals surface area contributed by atoms with Crippen LogP contribution < -0.4 is 4.74 Å². The van der Waals surface area contributed by atoms with Gasteiger partial charge < -0.3 is 9.47 Å². The summed E-state index contributed by atoms with van der Waals surface area (Å²) in [6.45, 7) is 4.08. The number of para-hydroxylation sites is 1. The minimum atomic E-state index is -0.807. The maximum Gasteiger partial charge on any atom is 0.273 e. The molecule has 22 heavy (non-hydrogen) atoms. The average Bonchev–Trinajstić information content (AvgIpc) is 2.96. The lowest BCUT2D eigenvalue weighted by Gasteiger charge is -2.36. The zero-order valence-electron chi connectivity index (χ0n) is 12.9. The second-order valence-corrected chi connectivity index (χ2v) is 5.92. The molecule has 3 heteroatoms. The molecular formula is C19H19NO2. The van der Waals surface area contributed by atoms with E-state index in [0.717, 1.165) is 29.7 Å². The van der Waals surface area contributed by atoms with Crippen LogP contribution in [0.5, 0.6) is 5.75 Å². The van der Waals surface area contributed by atoms with E-state index in [9.17, 15) is 0 Å². The lowest BCUT2D eigenvalue weighted by Crippen LogP contribution is -2.45. The Morgan fingerprint density at radius 3 is 2.45 bits per heavy atom. The molecule has 0 saturated heterocycles. The van der Waals surface area contributed by atoms with E-state index in [1.54, 1.807) is 0 Å². The van der Waals surface area contributed by atoms with E-state index in [2.05, 4.69) is 25.1 Å². The Morgan fingerprint density at radius 2 is 1.68 bits per heavy atom. The van der Waals surface area contributed by atoms with Crippen molar-refractivity contribution in [3.63, 3.8) is 0 Å². The molecule has 0 radical (unpaired) electrons. The minimum absolute atomic E-state index is 0.566. The van der Waals surface area contributed by atoms with Gasteiger partial charge in [-0.3, -0.25) is 0 Å².